The number of ether oxygens (including phenoxy) is 1. The quantitative estimate of drug-likeness (QED) is 0.495. The van der Waals surface area contributed by atoms with Gasteiger partial charge in [0, 0.05) is 11.5 Å². The molecule has 0 N–H and O–H groups in total. The summed E-state index contributed by atoms with van der Waals surface area (Å²) < 4.78 is 5.51. The Morgan fingerprint density at radius 2 is 2.00 bits per heavy atom. The molecule has 2 bridgehead atoms. The average Bonchev–Trinajstić information content (AvgIpc) is 2.50. The van der Waals surface area contributed by atoms with Crippen LogP contribution in [0.1, 0.15) is 43.2 Å². The van der Waals surface area contributed by atoms with Gasteiger partial charge in [-0.2, -0.15) is 0 Å². The molecule has 1 saturated carbocycles. The van der Waals surface area contributed by atoms with E-state index in [1.807, 2.05) is 0 Å². The molecular weight excluding hydrogens is 385 g/mol. The van der Waals surface area contributed by atoms with Crippen molar-refractivity contribution in [2.75, 3.05) is 20.7 Å². The van der Waals surface area contributed by atoms with E-state index in [-0.39, 0.29) is 58.9 Å². The molecule has 4 rings (SSSR count). The summed E-state index contributed by atoms with van der Waals surface area (Å²) in [4.78, 5) is 2.63. The summed E-state index contributed by atoms with van der Waals surface area (Å²) >= 11 is 0. The normalized spacial score (nSPS) is 31.4. The number of rotatable bonds is 1. The third-order valence-electron chi connectivity index (χ3n) is 6.32. The van der Waals surface area contributed by atoms with Crippen molar-refractivity contribution in [2.24, 2.45) is 5.92 Å². The van der Waals surface area contributed by atoms with E-state index in [0.717, 1.165) is 17.7 Å². The topological polar surface area (TPSA) is 12.5 Å². The van der Waals surface area contributed by atoms with Gasteiger partial charge < -0.3 is 22.0 Å². The third kappa shape index (κ3) is 3.39. The van der Waals surface area contributed by atoms with E-state index >= 15 is 0 Å². The Hall–Kier alpha value is 0.750. The molecule has 3 aliphatic rings. The summed E-state index contributed by atoms with van der Waals surface area (Å²) in [6, 6.07) is 7.60. The summed E-state index contributed by atoms with van der Waals surface area (Å²) in [6.07, 6.45) is 8.22. The van der Waals surface area contributed by atoms with Crippen molar-refractivity contribution in [3.8, 4) is 5.75 Å². The minimum atomic E-state index is 0. The van der Waals surface area contributed by atoms with Gasteiger partial charge in [-0.05, 0) is 68.5 Å². The largest absolute Gasteiger partial charge is 1.00 e. The van der Waals surface area contributed by atoms with Gasteiger partial charge in [0.15, 0.2) is 0 Å². The molecule has 0 unspecified atom stereocenters. The minimum Gasteiger partial charge on any atom is -1.00 e. The van der Waals surface area contributed by atoms with Crippen molar-refractivity contribution in [2.45, 2.75) is 50.0 Å². The molecule has 0 spiro atoms. The molecule has 23 heavy (non-hydrogen) atoms. The number of hydrogen-bond acceptors (Lipinski definition) is 2. The Balaban J connectivity index is 0.000000882. The summed E-state index contributed by atoms with van der Waals surface area (Å²) in [7, 11) is 4.12. The molecule has 124 valence electrons. The van der Waals surface area contributed by atoms with Crippen LogP contribution < -0.4 is 46.7 Å². The number of hydrogen-bond donors (Lipinski definition) is 0. The fourth-order valence-corrected chi connectivity index (χ4v) is 5.30. The zero-order chi connectivity index (χ0) is 13.7. The van der Waals surface area contributed by atoms with E-state index in [1.54, 1.807) is 18.2 Å². The Morgan fingerprint density at radius 3 is 2.74 bits per heavy atom. The second kappa shape index (κ2) is 8.42. The van der Waals surface area contributed by atoms with Crippen LogP contribution in [0.4, 0.5) is 0 Å². The fraction of sp³-hybridized carbons (Fsp3) is 0.667. The Kier molecular flexibility index (Phi) is 7.98. The van der Waals surface area contributed by atoms with Crippen molar-refractivity contribution >= 4 is 17.0 Å². The molecule has 1 aromatic carbocycles. The van der Waals surface area contributed by atoms with Crippen LogP contribution in [0.5, 0.6) is 5.75 Å². The van der Waals surface area contributed by atoms with Crippen LogP contribution in [-0.2, 0) is 11.8 Å². The van der Waals surface area contributed by atoms with Gasteiger partial charge in [0.1, 0.15) is 5.75 Å². The van der Waals surface area contributed by atoms with Gasteiger partial charge in [0.05, 0.1) is 7.11 Å². The van der Waals surface area contributed by atoms with E-state index in [4.69, 9.17) is 4.74 Å². The first-order valence-electron chi connectivity index (χ1n) is 8.12. The van der Waals surface area contributed by atoms with E-state index in [0.29, 0.717) is 5.41 Å². The summed E-state index contributed by atoms with van der Waals surface area (Å²) in [5.41, 5.74) is 3.67. The molecule has 0 amide bonds. The van der Waals surface area contributed by atoms with Crippen LogP contribution in [0.15, 0.2) is 18.2 Å². The fourth-order valence-electron chi connectivity index (χ4n) is 5.30. The van der Waals surface area contributed by atoms with Gasteiger partial charge >= 0.3 is 29.6 Å². The van der Waals surface area contributed by atoms with Gasteiger partial charge in [-0.15, -0.1) is 17.0 Å². The van der Waals surface area contributed by atoms with E-state index in [1.165, 1.54) is 45.1 Å². The van der Waals surface area contributed by atoms with E-state index < -0.39 is 0 Å². The van der Waals surface area contributed by atoms with Gasteiger partial charge in [-0.25, -0.2) is 0 Å². The first-order chi connectivity index (χ1) is 9.74. The van der Waals surface area contributed by atoms with Gasteiger partial charge in [0.25, 0.3) is 0 Å². The molecule has 2 nitrogen and oxygen atoms in total. The third-order valence-corrected chi connectivity index (χ3v) is 6.32. The summed E-state index contributed by atoms with van der Waals surface area (Å²) in [5.74, 6) is 1.91. The number of piperidine rings is 1. The van der Waals surface area contributed by atoms with Crippen molar-refractivity contribution in [3.05, 3.63) is 29.3 Å². The predicted molar refractivity (Wildman–Crippen MR) is 91.7 cm³/mol. The number of benzene rings is 1. The van der Waals surface area contributed by atoms with Crippen molar-refractivity contribution < 1.29 is 46.7 Å². The zero-order valence-corrected chi connectivity index (χ0v) is 18.9. The van der Waals surface area contributed by atoms with Crippen LogP contribution >= 0.6 is 17.0 Å². The first-order valence-corrected chi connectivity index (χ1v) is 8.12. The van der Waals surface area contributed by atoms with Crippen LogP contribution in [0.2, 0.25) is 0 Å². The molecule has 1 saturated heterocycles. The second-order valence-electron chi connectivity index (χ2n) is 7.03. The Morgan fingerprint density at radius 1 is 1.22 bits per heavy atom. The smallest absolute Gasteiger partial charge is 1.00 e. The maximum Gasteiger partial charge on any atom is 1.00 e. The van der Waals surface area contributed by atoms with E-state index in [9.17, 15) is 0 Å². The number of halogens is 2. The van der Waals surface area contributed by atoms with Gasteiger partial charge in [-0.3, -0.25) is 0 Å². The summed E-state index contributed by atoms with van der Waals surface area (Å²) in [6.45, 7) is 1.26. The van der Waals surface area contributed by atoms with Crippen molar-refractivity contribution in [1.29, 1.82) is 0 Å². The average molecular weight is 411 g/mol. The second-order valence-corrected chi connectivity index (χ2v) is 7.03. The van der Waals surface area contributed by atoms with E-state index in [2.05, 4.69) is 30.1 Å². The SMILES string of the molecule is Br.COc1ccc2c(c1)[C@]13CCCC[C@@H]1[C@H](C2)N(C)CC3.[Cl-].[Na+]. The van der Waals surface area contributed by atoms with Crippen LogP contribution in [0.3, 0.4) is 0 Å². The maximum absolute atomic E-state index is 5.51. The van der Waals surface area contributed by atoms with Crippen molar-refractivity contribution in [3.63, 3.8) is 0 Å². The molecule has 1 aromatic rings. The number of likely N-dealkylation sites (N-methyl/N-ethyl adjacent to an activating group) is 1. The predicted octanol–water partition coefficient (Wildman–Crippen LogP) is -2.03. The number of methoxy groups -OCH3 is 1. The molecular formula is C18H26BrClNNaO. The summed E-state index contributed by atoms with van der Waals surface area (Å²) in [5, 5.41) is 0. The standard InChI is InChI=1S/C18H25NO.BrH.ClH.Na/c1-19-10-9-18-8-4-3-5-15(18)17(19)11-13-6-7-14(20-2)12-16(13)18;;;/h6-7,12,15,17H,3-5,8-11H2,1-2H3;2*1H;/q;;;+1/p-1/t15-,17+,18+;;;/m1.../s1. The number of nitrogens with zero attached hydrogens (tertiary/aromatic N) is 1. The molecule has 1 heterocycles. The van der Waals surface area contributed by atoms with Crippen LogP contribution in [0.25, 0.3) is 0 Å². The molecule has 0 aromatic heterocycles. The Bertz CT molecular complexity index is 544. The van der Waals surface area contributed by atoms with Gasteiger partial charge in [-0.1, -0.05) is 18.9 Å². The minimum absolute atomic E-state index is 0. The van der Waals surface area contributed by atoms with Gasteiger partial charge in [0.2, 0.25) is 0 Å². The zero-order valence-electron chi connectivity index (χ0n) is 14.5. The van der Waals surface area contributed by atoms with Crippen LogP contribution in [0, 0.1) is 5.92 Å². The maximum atomic E-state index is 5.51. The molecule has 3 atom stereocenters. The number of likely N-dealkylation sites (tertiary alicyclic amines) is 1. The first kappa shape index (κ1) is 21.8. The monoisotopic (exact) mass is 409 g/mol. The number of fused-ring (bicyclic) bond motifs is 1. The van der Waals surface area contributed by atoms with Crippen molar-refractivity contribution in [1.82, 2.24) is 4.90 Å². The molecule has 2 fully saturated rings. The molecule has 5 heteroatoms. The molecule has 1 aliphatic heterocycles. The Labute approximate surface area is 179 Å². The molecule has 0 radical (unpaired) electrons. The van der Waals surface area contributed by atoms with Crippen LogP contribution in [-0.4, -0.2) is 31.6 Å². The molecule has 2 aliphatic carbocycles.